The van der Waals surface area contributed by atoms with Crippen molar-refractivity contribution >= 4 is 0 Å². The van der Waals surface area contributed by atoms with Gasteiger partial charge in [0.1, 0.15) is 11.5 Å². The third kappa shape index (κ3) is 3.84. The molecular formula is C18H21NO2. The smallest absolute Gasteiger partial charge is 0.127 e. The van der Waals surface area contributed by atoms with E-state index in [9.17, 15) is 0 Å². The standard InChI is InChI=1S/C18H21NO2/c19-17-10-5-11-18(17)20-13-14-6-4-9-16(12-14)21-15-7-2-1-3-8-15/h1-4,6-9,12,17-18H,5,10-11,13,19H2/t17-,18-/m0/s1. The summed E-state index contributed by atoms with van der Waals surface area (Å²) >= 11 is 0. The van der Waals surface area contributed by atoms with E-state index in [2.05, 4.69) is 6.07 Å². The topological polar surface area (TPSA) is 44.5 Å². The van der Waals surface area contributed by atoms with Gasteiger partial charge in [-0.3, -0.25) is 0 Å². The van der Waals surface area contributed by atoms with Crippen molar-refractivity contribution in [1.29, 1.82) is 0 Å². The zero-order valence-corrected chi connectivity index (χ0v) is 12.1. The minimum atomic E-state index is 0.189. The van der Waals surface area contributed by atoms with Crippen LogP contribution in [0.15, 0.2) is 54.6 Å². The van der Waals surface area contributed by atoms with E-state index in [4.69, 9.17) is 15.2 Å². The molecule has 110 valence electrons. The summed E-state index contributed by atoms with van der Waals surface area (Å²) in [6.45, 7) is 0.588. The molecule has 0 unspecified atom stereocenters. The highest BCUT2D eigenvalue weighted by Crippen LogP contribution is 2.24. The number of hydrogen-bond donors (Lipinski definition) is 1. The van der Waals surface area contributed by atoms with Crippen molar-refractivity contribution in [3.05, 3.63) is 60.2 Å². The minimum Gasteiger partial charge on any atom is -0.457 e. The number of para-hydroxylation sites is 1. The van der Waals surface area contributed by atoms with Crippen molar-refractivity contribution in [1.82, 2.24) is 0 Å². The molecule has 1 aliphatic carbocycles. The molecule has 2 aromatic carbocycles. The molecule has 0 amide bonds. The minimum absolute atomic E-state index is 0.189. The van der Waals surface area contributed by atoms with E-state index in [1.165, 1.54) is 6.42 Å². The van der Waals surface area contributed by atoms with Crippen LogP contribution in [0.5, 0.6) is 11.5 Å². The van der Waals surface area contributed by atoms with Crippen molar-refractivity contribution in [3.63, 3.8) is 0 Å². The molecule has 2 N–H and O–H groups in total. The van der Waals surface area contributed by atoms with E-state index < -0.39 is 0 Å². The van der Waals surface area contributed by atoms with Crippen LogP contribution in [0.2, 0.25) is 0 Å². The second-order valence-corrected chi connectivity index (χ2v) is 5.51. The first-order valence-electron chi connectivity index (χ1n) is 7.50. The van der Waals surface area contributed by atoms with Gasteiger partial charge in [0.05, 0.1) is 12.7 Å². The molecule has 3 rings (SSSR count). The molecule has 0 heterocycles. The lowest BCUT2D eigenvalue weighted by molar-refractivity contribution is 0.0356. The van der Waals surface area contributed by atoms with Crippen LogP contribution >= 0.6 is 0 Å². The fourth-order valence-electron chi connectivity index (χ4n) is 2.69. The van der Waals surface area contributed by atoms with Crippen LogP contribution in [-0.2, 0) is 11.3 Å². The zero-order chi connectivity index (χ0) is 14.5. The summed E-state index contributed by atoms with van der Waals surface area (Å²) in [5.74, 6) is 1.67. The maximum absolute atomic E-state index is 6.03. The first-order chi connectivity index (χ1) is 10.3. The average molecular weight is 283 g/mol. The van der Waals surface area contributed by atoms with E-state index in [0.717, 1.165) is 29.9 Å². The predicted octanol–water partition coefficient (Wildman–Crippen LogP) is 3.88. The molecule has 3 heteroatoms. The van der Waals surface area contributed by atoms with Gasteiger partial charge in [-0.1, -0.05) is 30.3 Å². The third-order valence-electron chi connectivity index (χ3n) is 3.85. The Bertz CT molecular complexity index is 570. The molecule has 1 fully saturated rings. The molecule has 0 radical (unpaired) electrons. The summed E-state index contributed by atoms with van der Waals surface area (Å²) in [5.41, 5.74) is 7.14. The molecule has 2 aromatic rings. The Morgan fingerprint density at radius 3 is 2.52 bits per heavy atom. The molecule has 0 saturated heterocycles. The van der Waals surface area contributed by atoms with Gasteiger partial charge in [0.15, 0.2) is 0 Å². The third-order valence-corrected chi connectivity index (χ3v) is 3.85. The lowest BCUT2D eigenvalue weighted by Crippen LogP contribution is -2.31. The number of nitrogens with two attached hydrogens (primary N) is 1. The monoisotopic (exact) mass is 283 g/mol. The van der Waals surface area contributed by atoms with Gasteiger partial charge in [-0.2, -0.15) is 0 Å². The molecule has 1 saturated carbocycles. The number of ether oxygens (including phenoxy) is 2. The first-order valence-corrected chi connectivity index (χ1v) is 7.50. The van der Waals surface area contributed by atoms with Crippen LogP contribution in [0.1, 0.15) is 24.8 Å². The average Bonchev–Trinajstić information content (AvgIpc) is 2.92. The van der Waals surface area contributed by atoms with Gasteiger partial charge in [0.2, 0.25) is 0 Å². The second kappa shape index (κ2) is 6.74. The van der Waals surface area contributed by atoms with Gasteiger partial charge in [0.25, 0.3) is 0 Å². The Morgan fingerprint density at radius 1 is 0.952 bits per heavy atom. The van der Waals surface area contributed by atoms with Gasteiger partial charge in [-0.25, -0.2) is 0 Å². The van der Waals surface area contributed by atoms with Crippen molar-refractivity contribution in [3.8, 4) is 11.5 Å². The highest BCUT2D eigenvalue weighted by atomic mass is 16.5. The first kappa shape index (κ1) is 14.1. The fraction of sp³-hybridized carbons (Fsp3) is 0.333. The quantitative estimate of drug-likeness (QED) is 0.905. The maximum atomic E-state index is 6.03. The zero-order valence-electron chi connectivity index (χ0n) is 12.1. The van der Waals surface area contributed by atoms with Gasteiger partial charge < -0.3 is 15.2 Å². The summed E-state index contributed by atoms with van der Waals surface area (Å²) < 4.78 is 11.8. The van der Waals surface area contributed by atoms with Crippen LogP contribution in [-0.4, -0.2) is 12.1 Å². The molecule has 2 atom stereocenters. The summed E-state index contributed by atoms with van der Waals surface area (Å²) in [7, 11) is 0. The fourth-order valence-corrected chi connectivity index (χ4v) is 2.69. The van der Waals surface area contributed by atoms with Crippen LogP contribution in [0.25, 0.3) is 0 Å². The molecular weight excluding hydrogens is 262 g/mol. The maximum Gasteiger partial charge on any atom is 0.127 e. The molecule has 0 aliphatic heterocycles. The van der Waals surface area contributed by atoms with E-state index in [1.54, 1.807) is 0 Å². The Balaban J connectivity index is 1.60. The van der Waals surface area contributed by atoms with Gasteiger partial charge >= 0.3 is 0 Å². The highest BCUT2D eigenvalue weighted by molar-refractivity contribution is 5.33. The van der Waals surface area contributed by atoms with E-state index in [-0.39, 0.29) is 12.1 Å². The molecule has 0 spiro atoms. The summed E-state index contributed by atoms with van der Waals surface area (Å²) in [6.07, 6.45) is 3.51. The number of hydrogen-bond acceptors (Lipinski definition) is 3. The normalized spacial score (nSPS) is 21.4. The van der Waals surface area contributed by atoms with Gasteiger partial charge in [0, 0.05) is 6.04 Å². The van der Waals surface area contributed by atoms with E-state index in [0.29, 0.717) is 6.61 Å². The van der Waals surface area contributed by atoms with E-state index >= 15 is 0 Å². The van der Waals surface area contributed by atoms with Crippen LogP contribution in [0.4, 0.5) is 0 Å². The number of benzene rings is 2. The van der Waals surface area contributed by atoms with Crippen molar-refractivity contribution in [2.75, 3.05) is 0 Å². The van der Waals surface area contributed by atoms with Gasteiger partial charge in [-0.05, 0) is 49.1 Å². The predicted molar refractivity (Wildman–Crippen MR) is 83.4 cm³/mol. The highest BCUT2D eigenvalue weighted by Gasteiger charge is 2.24. The van der Waals surface area contributed by atoms with Crippen molar-refractivity contribution in [2.45, 2.75) is 38.0 Å². The summed E-state index contributed by atoms with van der Waals surface area (Å²) in [4.78, 5) is 0. The van der Waals surface area contributed by atoms with E-state index in [1.807, 2.05) is 48.5 Å². The van der Waals surface area contributed by atoms with Crippen molar-refractivity contribution in [2.24, 2.45) is 5.73 Å². The lowest BCUT2D eigenvalue weighted by Gasteiger charge is -2.16. The Hall–Kier alpha value is -1.84. The molecule has 0 bridgehead atoms. The lowest BCUT2D eigenvalue weighted by atomic mass is 10.2. The van der Waals surface area contributed by atoms with Crippen LogP contribution in [0, 0.1) is 0 Å². The van der Waals surface area contributed by atoms with Crippen LogP contribution in [0.3, 0.4) is 0 Å². The molecule has 3 nitrogen and oxygen atoms in total. The number of rotatable bonds is 5. The molecule has 0 aromatic heterocycles. The SMILES string of the molecule is N[C@H]1CCC[C@@H]1OCc1cccc(Oc2ccccc2)c1. The van der Waals surface area contributed by atoms with Gasteiger partial charge in [-0.15, -0.1) is 0 Å². The molecule has 21 heavy (non-hydrogen) atoms. The Labute approximate surface area is 125 Å². The Kier molecular flexibility index (Phi) is 4.53. The second-order valence-electron chi connectivity index (χ2n) is 5.51. The van der Waals surface area contributed by atoms with Crippen molar-refractivity contribution < 1.29 is 9.47 Å². The Morgan fingerprint density at radius 2 is 1.76 bits per heavy atom. The summed E-state index contributed by atoms with van der Waals surface area (Å²) in [5, 5.41) is 0. The van der Waals surface area contributed by atoms with Crippen LogP contribution < -0.4 is 10.5 Å². The summed E-state index contributed by atoms with van der Waals surface area (Å²) in [6, 6.07) is 18.0. The molecule has 1 aliphatic rings. The largest absolute Gasteiger partial charge is 0.457 e.